The van der Waals surface area contributed by atoms with Crippen molar-refractivity contribution in [3.8, 4) is 0 Å². The number of thiophene rings is 1. The first-order valence-electron chi connectivity index (χ1n) is 5.69. The Hall–Kier alpha value is -0.920. The van der Waals surface area contributed by atoms with Gasteiger partial charge in [0.1, 0.15) is 4.21 Å². The van der Waals surface area contributed by atoms with E-state index in [1.54, 1.807) is 11.4 Å². The maximum Gasteiger partial charge on any atom is 0.337 e. The van der Waals surface area contributed by atoms with Gasteiger partial charge in [-0.3, -0.25) is 0 Å². The molecule has 0 amide bonds. The molecule has 7 heteroatoms. The Morgan fingerprint density at radius 2 is 2.00 bits per heavy atom. The van der Waals surface area contributed by atoms with E-state index in [-0.39, 0.29) is 17.1 Å². The van der Waals surface area contributed by atoms with E-state index in [0.29, 0.717) is 12.8 Å². The molecular weight excluding hydrogens is 276 g/mol. The summed E-state index contributed by atoms with van der Waals surface area (Å²) in [6.45, 7) is 0. The molecule has 1 aromatic heterocycles. The SMILES string of the molecule is O=C(O)C1(OS(=O)(=O)c2cccs2)CCCCC1. The summed E-state index contributed by atoms with van der Waals surface area (Å²) in [7, 11) is -3.98. The van der Waals surface area contributed by atoms with Crippen LogP contribution in [0.5, 0.6) is 0 Å². The lowest BCUT2D eigenvalue weighted by molar-refractivity contribution is -0.157. The number of carboxylic acid groups (broad SMARTS) is 1. The van der Waals surface area contributed by atoms with E-state index in [2.05, 4.69) is 0 Å². The van der Waals surface area contributed by atoms with Gasteiger partial charge in [0.25, 0.3) is 0 Å². The van der Waals surface area contributed by atoms with Gasteiger partial charge in [-0.2, -0.15) is 8.42 Å². The first kappa shape index (κ1) is 13.5. The Kier molecular flexibility index (Phi) is 3.74. The highest BCUT2D eigenvalue weighted by Crippen LogP contribution is 2.35. The number of aliphatic carboxylic acids is 1. The molecule has 2 rings (SSSR count). The zero-order valence-electron chi connectivity index (χ0n) is 9.66. The second-order valence-corrected chi connectivity index (χ2v) is 7.05. The van der Waals surface area contributed by atoms with Crippen LogP contribution in [0.25, 0.3) is 0 Å². The second-order valence-electron chi connectivity index (χ2n) is 4.33. The van der Waals surface area contributed by atoms with E-state index in [0.717, 1.165) is 17.8 Å². The summed E-state index contributed by atoms with van der Waals surface area (Å²) < 4.78 is 29.1. The molecule has 100 valence electrons. The summed E-state index contributed by atoms with van der Waals surface area (Å²) in [5.74, 6) is -1.19. The molecule has 0 saturated heterocycles. The van der Waals surface area contributed by atoms with Crippen LogP contribution in [0, 0.1) is 0 Å². The van der Waals surface area contributed by atoms with Crippen molar-refractivity contribution < 1.29 is 22.5 Å². The normalized spacial score (nSPS) is 19.6. The number of rotatable bonds is 4. The summed E-state index contributed by atoms with van der Waals surface area (Å²) in [6, 6.07) is 3.01. The van der Waals surface area contributed by atoms with Crippen LogP contribution in [0.2, 0.25) is 0 Å². The molecule has 1 fully saturated rings. The summed E-state index contributed by atoms with van der Waals surface area (Å²) in [6.07, 6.45) is 2.75. The largest absolute Gasteiger partial charge is 0.479 e. The van der Waals surface area contributed by atoms with Gasteiger partial charge in [-0.15, -0.1) is 11.3 Å². The lowest BCUT2D eigenvalue weighted by Gasteiger charge is -2.31. The maximum atomic E-state index is 12.0. The fourth-order valence-corrected chi connectivity index (χ4v) is 4.29. The van der Waals surface area contributed by atoms with Crippen LogP contribution >= 0.6 is 11.3 Å². The predicted octanol–water partition coefficient (Wildman–Crippen LogP) is 2.24. The van der Waals surface area contributed by atoms with E-state index in [1.165, 1.54) is 6.07 Å². The molecule has 1 aliphatic carbocycles. The van der Waals surface area contributed by atoms with E-state index in [1.807, 2.05) is 0 Å². The number of hydrogen-bond donors (Lipinski definition) is 1. The maximum absolute atomic E-state index is 12.0. The van der Waals surface area contributed by atoms with Gasteiger partial charge in [0.15, 0.2) is 5.60 Å². The molecule has 5 nitrogen and oxygen atoms in total. The quantitative estimate of drug-likeness (QED) is 0.860. The van der Waals surface area contributed by atoms with Crippen LogP contribution < -0.4 is 0 Å². The minimum Gasteiger partial charge on any atom is -0.479 e. The Morgan fingerprint density at radius 1 is 1.33 bits per heavy atom. The van der Waals surface area contributed by atoms with Crippen molar-refractivity contribution in [2.45, 2.75) is 41.9 Å². The molecule has 0 unspecified atom stereocenters. The highest BCUT2D eigenvalue weighted by atomic mass is 32.3. The average Bonchev–Trinajstić information content (AvgIpc) is 2.83. The van der Waals surface area contributed by atoms with E-state index < -0.39 is 21.7 Å². The van der Waals surface area contributed by atoms with Crippen molar-refractivity contribution in [3.63, 3.8) is 0 Å². The minimum absolute atomic E-state index is 0.0497. The van der Waals surface area contributed by atoms with Crippen molar-refractivity contribution in [2.24, 2.45) is 0 Å². The third-order valence-electron chi connectivity index (χ3n) is 3.06. The molecule has 0 aromatic carbocycles. The number of hydrogen-bond acceptors (Lipinski definition) is 5. The van der Waals surface area contributed by atoms with Crippen LogP contribution in [0.3, 0.4) is 0 Å². The summed E-state index contributed by atoms with van der Waals surface area (Å²) >= 11 is 1.02. The highest BCUT2D eigenvalue weighted by molar-refractivity contribution is 7.89. The van der Waals surface area contributed by atoms with Gasteiger partial charge in [-0.05, 0) is 37.1 Å². The molecule has 0 bridgehead atoms. The zero-order chi connectivity index (χ0) is 13.2. The lowest BCUT2D eigenvalue weighted by Crippen LogP contribution is -2.44. The molecule has 1 heterocycles. The van der Waals surface area contributed by atoms with Crippen molar-refractivity contribution >= 4 is 27.4 Å². The molecule has 0 spiro atoms. The first-order chi connectivity index (χ1) is 8.46. The van der Waals surface area contributed by atoms with Crippen LogP contribution in [-0.4, -0.2) is 25.1 Å². The van der Waals surface area contributed by atoms with Crippen LogP contribution in [-0.2, 0) is 19.1 Å². The zero-order valence-corrected chi connectivity index (χ0v) is 11.3. The Morgan fingerprint density at radius 3 is 2.50 bits per heavy atom. The summed E-state index contributed by atoms with van der Waals surface area (Å²) in [4.78, 5) is 11.3. The highest BCUT2D eigenvalue weighted by Gasteiger charge is 2.45. The van der Waals surface area contributed by atoms with Gasteiger partial charge in [-0.25, -0.2) is 8.98 Å². The smallest absolute Gasteiger partial charge is 0.337 e. The number of carbonyl (C=O) groups is 1. The van der Waals surface area contributed by atoms with Gasteiger partial charge < -0.3 is 5.11 Å². The van der Waals surface area contributed by atoms with E-state index in [9.17, 15) is 18.3 Å². The molecule has 0 radical (unpaired) electrons. The van der Waals surface area contributed by atoms with Gasteiger partial charge in [0, 0.05) is 0 Å². The lowest BCUT2D eigenvalue weighted by atomic mass is 9.85. The van der Waals surface area contributed by atoms with Gasteiger partial charge in [0.2, 0.25) is 0 Å². The number of carboxylic acids is 1. The molecule has 0 atom stereocenters. The standard InChI is InChI=1S/C11H14O5S2/c12-10(13)11(6-2-1-3-7-11)16-18(14,15)9-5-4-8-17-9/h4-5,8H,1-3,6-7H2,(H,12,13). The fourth-order valence-electron chi connectivity index (χ4n) is 2.11. The van der Waals surface area contributed by atoms with Gasteiger partial charge in [0.05, 0.1) is 0 Å². The van der Waals surface area contributed by atoms with Crippen molar-refractivity contribution in [3.05, 3.63) is 17.5 Å². The molecular formula is C11H14O5S2. The molecule has 0 aliphatic heterocycles. The van der Waals surface area contributed by atoms with Crippen molar-refractivity contribution in [2.75, 3.05) is 0 Å². The van der Waals surface area contributed by atoms with Crippen LogP contribution in [0.4, 0.5) is 0 Å². The summed E-state index contributed by atoms with van der Waals surface area (Å²) in [5.41, 5.74) is -1.58. The van der Waals surface area contributed by atoms with Gasteiger partial charge >= 0.3 is 16.1 Å². The molecule has 1 N–H and O–H groups in total. The Bertz CT molecular complexity index is 512. The topological polar surface area (TPSA) is 80.7 Å². The van der Waals surface area contributed by atoms with Crippen LogP contribution in [0.15, 0.2) is 21.7 Å². The van der Waals surface area contributed by atoms with Gasteiger partial charge in [-0.1, -0.05) is 12.5 Å². The van der Waals surface area contributed by atoms with Crippen molar-refractivity contribution in [1.29, 1.82) is 0 Å². The third kappa shape index (κ3) is 2.57. The first-order valence-corrected chi connectivity index (χ1v) is 7.98. The summed E-state index contributed by atoms with van der Waals surface area (Å²) in [5, 5.41) is 10.9. The molecule has 1 saturated carbocycles. The minimum atomic E-state index is -3.98. The molecule has 18 heavy (non-hydrogen) atoms. The average molecular weight is 290 g/mol. The fraction of sp³-hybridized carbons (Fsp3) is 0.545. The monoisotopic (exact) mass is 290 g/mol. The second kappa shape index (κ2) is 4.99. The van der Waals surface area contributed by atoms with E-state index >= 15 is 0 Å². The molecule has 1 aromatic rings. The predicted molar refractivity (Wildman–Crippen MR) is 66.0 cm³/mol. The third-order valence-corrected chi connectivity index (χ3v) is 5.79. The Labute approximate surface area is 110 Å². The van der Waals surface area contributed by atoms with Crippen LogP contribution in [0.1, 0.15) is 32.1 Å². The Balaban J connectivity index is 2.27. The van der Waals surface area contributed by atoms with Crippen molar-refractivity contribution in [1.82, 2.24) is 0 Å². The molecule has 1 aliphatic rings. The van der Waals surface area contributed by atoms with E-state index in [4.69, 9.17) is 4.18 Å².